The lowest BCUT2D eigenvalue weighted by molar-refractivity contribution is 0.127. The van der Waals surface area contributed by atoms with Gasteiger partial charge >= 0.3 is 6.01 Å². The third kappa shape index (κ3) is 5.09. The van der Waals surface area contributed by atoms with Crippen LogP contribution in [0.2, 0.25) is 0 Å². The van der Waals surface area contributed by atoms with Gasteiger partial charge in [0.05, 0.1) is 24.6 Å². The smallest absolute Gasteiger partial charge is 0.336 e. The first-order valence-corrected chi connectivity index (χ1v) is 11.6. The third-order valence-electron chi connectivity index (χ3n) is 5.89. The molecule has 1 fully saturated rings. The molecular formula is C23H33N7O2. The van der Waals surface area contributed by atoms with E-state index in [2.05, 4.69) is 33.0 Å². The maximum absolute atomic E-state index is 9.88. The van der Waals surface area contributed by atoms with Crippen molar-refractivity contribution in [2.75, 3.05) is 30.3 Å². The molecule has 172 valence electrons. The summed E-state index contributed by atoms with van der Waals surface area (Å²) in [6.07, 6.45) is 9.92. The number of aliphatic hydroxyl groups excluding tert-OH is 1. The van der Waals surface area contributed by atoms with E-state index in [4.69, 9.17) is 15.5 Å². The van der Waals surface area contributed by atoms with Gasteiger partial charge in [-0.05, 0) is 43.7 Å². The van der Waals surface area contributed by atoms with Crippen molar-refractivity contribution in [2.24, 2.45) is 0 Å². The number of imidazole rings is 1. The summed E-state index contributed by atoms with van der Waals surface area (Å²) in [5.74, 6) is 1.35. The highest BCUT2D eigenvalue weighted by molar-refractivity contribution is 5.60. The fraction of sp³-hybridized carbons (Fsp3) is 0.565. The fourth-order valence-corrected chi connectivity index (χ4v) is 4.24. The molecule has 9 heteroatoms. The highest BCUT2D eigenvalue weighted by Gasteiger charge is 2.16. The van der Waals surface area contributed by atoms with Gasteiger partial charge in [0.25, 0.3) is 0 Å². The van der Waals surface area contributed by atoms with Gasteiger partial charge in [0.15, 0.2) is 11.5 Å². The monoisotopic (exact) mass is 439 g/mol. The van der Waals surface area contributed by atoms with Crippen LogP contribution >= 0.6 is 0 Å². The highest BCUT2D eigenvalue weighted by Crippen LogP contribution is 2.23. The maximum Gasteiger partial charge on any atom is 0.336 e. The van der Waals surface area contributed by atoms with Crippen molar-refractivity contribution in [1.82, 2.24) is 24.6 Å². The van der Waals surface area contributed by atoms with Crippen molar-refractivity contribution in [1.29, 1.82) is 0 Å². The number of ether oxygens (including phenoxy) is 1. The van der Waals surface area contributed by atoms with Crippen molar-refractivity contribution < 1.29 is 9.84 Å². The number of fused-ring (bicyclic) bond motifs is 1. The molecule has 1 atom stereocenters. The summed E-state index contributed by atoms with van der Waals surface area (Å²) in [6.45, 7) is 6.65. The van der Waals surface area contributed by atoms with E-state index in [1.807, 2.05) is 13.1 Å². The molecule has 0 bridgehead atoms. The Morgan fingerprint density at radius 1 is 1.16 bits per heavy atom. The van der Waals surface area contributed by atoms with E-state index in [-0.39, 0.29) is 17.9 Å². The SMILES string of the molecule is CCCC(O)CCOc1nc(N)c2ncc(Cc3cnc(N4CCCCC4)c(C)c3)n2n1. The van der Waals surface area contributed by atoms with Crippen molar-refractivity contribution >= 4 is 17.3 Å². The average Bonchev–Trinajstić information content (AvgIpc) is 3.18. The van der Waals surface area contributed by atoms with Gasteiger partial charge in [-0.3, -0.25) is 0 Å². The van der Waals surface area contributed by atoms with E-state index in [0.717, 1.165) is 43.0 Å². The van der Waals surface area contributed by atoms with Crippen LogP contribution in [-0.4, -0.2) is 55.5 Å². The van der Waals surface area contributed by atoms with E-state index in [1.165, 1.54) is 24.8 Å². The molecule has 1 aliphatic heterocycles. The number of hydrogen-bond acceptors (Lipinski definition) is 8. The second-order valence-corrected chi connectivity index (χ2v) is 8.55. The van der Waals surface area contributed by atoms with Crippen LogP contribution in [0, 0.1) is 6.92 Å². The number of aryl methyl sites for hydroxylation is 1. The third-order valence-corrected chi connectivity index (χ3v) is 5.89. The Kier molecular flexibility index (Phi) is 7.04. The van der Waals surface area contributed by atoms with Crippen LogP contribution in [0.3, 0.4) is 0 Å². The quantitative estimate of drug-likeness (QED) is 0.523. The van der Waals surface area contributed by atoms with Crippen LogP contribution in [0.15, 0.2) is 18.5 Å². The molecule has 3 aromatic heterocycles. The standard InChI is InChI=1S/C23H33N7O2/c1-3-7-19(31)8-11-32-23-27-20(24)22-26-15-18(30(22)28-23)13-17-12-16(2)21(25-14-17)29-9-5-4-6-10-29/h12,14-15,19,31H,3-11,13H2,1-2H3,(H2,24,27,28). The normalized spacial score (nSPS) is 15.3. The van der Waals surface area contributed by atoms with Crippen molar-refractivity contribution in [3.8, 4) is 6.01 Å². The van der Waals surface area contributed by atoms with Crippen molar-refractivity contribution in [3.63, 3.8) is 0 Å². The molecule has 0 amide bonds. The Morgan fingerprint density at radius 2 is 1.97 bits per heavy atom. The van der Waals surface area contributed by atoms with Crippen molar-refractivity contribution in [2.45, 2.75) is 64.9 Å². The topological polar surface area (TPSA) is 115 Å². The zero-order valence-electron chi connectivity index (χ0n) is 19.0. The molecule has 0 radical (unpaired) electrons. The summed E-state index contributed by atoms with van der Waals surface area (Å²) in [6, 6.07) is 2.38. The Hall–Kier alpha value is -2.94. The molecule has 3 aromatic rings. The fourth-order valence-electron chi connectivity index (χ4n) is 4.24. The molecule has 1 saturated heterocycles. The number of hydrogen-bond donors (Lipinski definition) is 2. The average molecular weight is 440 g/mol. The lowest BCUT2D eigenvalue weighted by Crippen LogP contribution is -2.30. The van der Waals surface area contributed by atoms with Gasteiger partial charge in [0.2, 0.25) is 0 Å². The van der Waals surface area contributed by atoms with Gasteiger partial charge in [-0.15, -0.1) is 5.10 Å². The first-order chi connectivity index (χ1) is 15.5. The minimum Gasteiger partial charge on any atom is -0.462 e. The van der Waals surface area contributed by atoms with Crippen LogP contribution in [0.25, 0.3) is 5.65 Å². The number of rotatable bonds is 9. The number of anilines is 2. The summed E-state index contributed by atoms with van der Waals surface area (Å²) >= 11 is 0. The molecule has 9 nitrogen and oxygen atoms in total. The predicted molar refractivity (Wildman–Crippen MR) is 124 cm³/mol. The second-order valence-electron chi connectivity index (χ2n) is 8.55. The van der Waals surface area contributed by atoms with Gasteiger partial charge in [0.1, 0.15) is 5.82 Å². The van der Waals surface area contributed by atoms with Crippen LogP contribution in [0.1, 0.15) is 62.3 Å². The first kappa shape index (κ1) is 22.3. The molecule has 0 aliphatic carbocycles. The number of nitrogens with two attached hydrogens (primary N) is 1. The van der Waals surface area contributed by atoms with E-state index < -0.39 is 0 Å². The minimum absolute atomic E-state index is 0.188. The largest absolute Gasteiger partial charge is 0.462 e. The molecule has 4 rings (SSSR count). The molecule has 4 heterocycles. The zero-order valence-corrected chi connectivity index (χ0v) is 19.0. The minimum atomic E-state index is -0.381. The van der Waals surface area contributed by atoms with Crippen LogP contribution in [0.5, 0.6) is 6.01 Å². The number of nitrogens with zero attached hydrogens (tertiary/aromatic N) is 6. The van der Waals surface area contributed by atoms with Gasteiger partial charge in [0, 0.05) is 32.1 Å². The number of piperidine rings is 1. The van der Waals surface area contributed by atoms with Gasteiger partial charge in [-0.1, -0.05) is 19.4 Å². The molecule has 1 unspecified atom stereocenters. The second kappa shape index (κ2) is 10.1. The number of nitrogen functional groups attached to an aromatic ring is 1. The Morgan fingerprint density at radius 3 is 2.72 bits per heavy atom. The van der Waals surface area contributed by atoms with Crippen LogP contribution < -0.4 is 15.4 Å². The Bertz CT molecular complexity index is 1050. The molecule has 0 saturated carbocycles. The number of aliphatic hydroxyl groups is 1. The molecule has 0 aromatic carbocycles. The zero-order chi connectivity index (χ0) is 22.5. The predicted octanol–water partition coefficient (Wildman–Crippen LogP) is 2.92. The molecule has 3 N–H and O–H groups in total. The summed E-state index contributed by atoms with van der Waals surface area (Å²) in [5.41, 5.74) is 9.75. The lowest BCUT2D eigenvalue weighted by Gasteiger charge is -2.29. The lowest BCUT2D eigenvalue weighted by atomic mass is 10.1. The summed E-state index contributed by atoms with van der Waals surface area (Å²) < 4.78 is 7.35. The van der Waals surface area contributed by atoms with E-state index >= 15 is 0 Å². The van der Waals surface area contributed by atoms with E-state index in [9.17, 15) is 5.11 Å². The molecular weight excluding hydrogens is 406 g/mol. The summed E-state index contributed by atoms with van der Waals surface area (Å²) in [5, 5.41) is 14.4. The van der Waals surface area contributed by atoms with E-state index in [0.29, 0.717) is 25.1 Å². The van der Waals surface area contributed by atoms with Crippen LogP contribution in [0.4, 0.5) is 11.6 Å². The van der Waals surface area contributed by atoms with E-state index in [1.54, 1.807) is 10.7 Å². The van der Waals surface area contributed by atoms with Gasteiger partial charge < -0.3 is 20.5 Å². The Balaban J connectivity index is 1.49. The van der Waals surface area contributed by atoms with Gasteiger partial charge in [-0.25, -0.2) is 14.5 Å². The number of aromatic nitrogens is 5. The molecule has 1 aliphatic rings. The summed E-state index contributed by atoms with van der Waals surface area (Å²) in [7, 11) is 0. The maximum atomic E-state index is 9.88. The van der Waals surface area contributed by atoms with Crippen LogP contribution in [-0.2, 0) is 6.42 Å². The molecule has 32 heavy (non-hydrogen) atoms. The number of pyridine rings is 1. The summed E-state index contributed by atoms with van der Waals surface area (Å²) in [4.78, 5) is 15.7. The highest BCUT2D eigenvalue weighted by atomic mass is 16.5. The molecule has 0 spiro atoms. The van der Waals surface area contributed by atoms with Crippen molar-refractivity contribution in [3.05, 3.63) is 35.3 Å². The Labute approximate surface area is 188 Å². The van der Waals surface area contributed by atoms with Gasteiger partial charge in [-0.2, -0.15) is 4.98 Å². The first-order valence-electron chi connectivity index (χ1n) is 11.6.